The second-order valence-electron chi connectivity index (χ2n) is 5.08. The van der Waals surface area contributed by atoms with Crippen LogP contribution in [-0.2, 0) is 0 Å². The Morgan fingerprint density at radius 1 is 1.00 bits per heavy atom. The van der Waals surface area contributed by atoms with Gasteiger partial charge in [-0.05, 0) is 39.0 Å². The Morgan fingerprint density at radius 3 is 2.52 bits per heavy atom. The van der Waals surface area contributed by atoms with Gasteiger partial charge in [0, 0.05) is 27.7 Å². The predicted molar refractivity (Wildman–Crippen MR) is 84.9 cm³/mol. The van der Waals surface area contributed by atoms with E-state index in [1.165, 1.54) is 23.4 Å². The molecule has 0 unspecified atom stereocenters. The molecule has 5 heteroatoms. The van der Waals surface area contributed by atoms with Gasteiger partial charge in [-0.1, -0.05) is 23.4 Å². The summed E-state index contributed by atoms with van der Waals surface area (Å²) in [6.07, 6.45) is 0. The molecule has 0 amide bonds. The average molecular weight is 297 g/mol. The van der Waals surface area contributed by atoms with Crippen LogP contribution in [0, 0.1) is 20.8 Å². The van der Waals surface area contributed by atoms with E-state index in [9.17, 15) is 4.79 Å². The highest BCUT2D eigenvalue weighted by molar-refractivity contribution is 7.99. The monoisotopic (exact) mass is 297 g/mol. The topological polar surface area (TPSA) is 58.6 Å². The molecule has 0 radical (unpaired) electrons. The number of benzene rings is 1. The molecule has 0 aliphatic heterocycles. The predicted octanol–water partition coefficient (Wildman–Crippen LogP) is 3.39. The van der Waals surface area contributed by atoms with Gasteiger partial charge in [-0.15, -0.1) is 0 Å². The summed E-state index contributed by atoms with van der Waals surface area (Å²) in [6.45, 7) is 5.84. The zero-order valence-corrected chi connectivity index (χ0v) is 12.9. The molecule has 3 aromatic rings. The van der Waals surface area contributed by atoms with Crippen molar-refractivity contribution in [2.45, 2.75) is 30.8 Å². The maximum atomic E-state index is 11.6. The Kier molecular flexibility index (Phi) is 3.51. The van der Waals surface area contributed by atoms with Gasteiger partial charge >= 0.3 is 0 Å². The third-order valence-corrected chi connectivity index (χ3v) is 4.05. The Bertz CT molecular complexity index is 886. The first-order chi connectivity index (χ1) is 10.0. The van der Waals surface area contributed by atoms with Crippen molar-refractivity contribution in [3.8, 4) is 0 Å². The zero-order valence-electron chi connectivity index (χ0n) is 12.1. The molecule has 4 nitrogen and oxygen atoms in total. The first kappa shape index (κ1) is 13.8. The first-order valence-electron chi connectivity index (χ1n) is 6.65. The molecule has 0 saturated heterocycles. The number of aromatic amines is 1. The fraction of sp³-hybridized carbons (Fsp3) is 0.188. The van der Waals surface area contributed by atoms with E-state index in [4.69, 9.17) is 0 Å². The fourth-order valence-electron chi connectivity index (χ4n) is 2.22. The number of pyridine rings is 1. The number of nitrogens with one attached hydrogen (secondary N) is 1. The molecule has 21 heavy (non-hydrogen) atoms. The molecule has 3 rings (SSSR count). The maximum absolute atomic E-state index is 11.6. The van der Waals surface area contributed by atoms with Crippen molar-refractivity contribution in [2.75, 3.05) is 0 Å². The number of H-pyrrole nitrogens is 1. The molecule has 1 aromatic carbocycles. The molecule has 0 spiro atoms. The minimum absolute atomic E-state index is 0.128. The van der Waals surface area contributed by atoms with E-state index in [2.05, 4.69) is 34.0 Å². The summed E-state index contributed by atoms with van der Waals surface area (Å²) in [5.74, 6) is 0. The highest BCUT2D eigenvalue weighted by Gasteiger charge is 2.08. The molecule has 0 bridgehead atoms. The Labute approximate surface area is 126 Å². The van der Waals surface area contributed by atoms with Crippen molar-refractivity contribution in [1.29, 1.82) is 0 Å². The molecule has 0 saturated carbocycles. The summed E-state index contributed by atoms with van der Waals surface area (Å²) in [6, 6.07) is 9.70. The van der Waals surface area contributed by atoms with Crippen molar-refractivity contribution in [3.05, 3.63) is 57.6 Å². The van der Waals surface area contributed by atoms with Crippen molar-refractivity contribution >= 4 is 22.7 Å². The van der Waals surface area contributed by atoms with E-state index in [0.29, 0.717) is 10.9 Å². The number of aryl methyl sites for hydroxylation is 3. The summed E-state index contributed by atoms with van der Waals surface area (Å²) >= 11 is 1.46. The number of hydrogen-bond donors (Lipinski definition) is 1. The summed E-state index contributed by atoms with van der Waals surface area (Å²) < 4.78 is 0. The lowest BCUT2D eigenvalue weighted by Gasteiger charge is -2.08. The van der Waals surface area contributed by atoms with Crippen LogP contribution < -0.4 is 5.56 Å². The molecular weight excluding hydrogens is 282 g/mol. The van der Waals surface area contributed by atoms with Crippen LogP contribution in [0.5, 0.6) is 0 Å². The van der Waals surface area contributed by atoms with Crippen LogP contribution in [0.25, 0.3) is 10.9 Å². The second-order valence-corrected chi connectivity index (χ2v) is 6.11. The van der Waals surface area contributed by atoms with Crippen LogP contribution in [-0.4, -0.2) is 15.0 Å². The molecule has 1 N–H and O–H groups in total. The lowest BCUT2D eigenvalue weighted by Crippen LogP contribution is -2.07. The lowest BCUT2D eigenvalue weighted by molar-refractivity contribution is 0.905. The van der Waals surface area contributed by atoms with E-state index in [-0.39, 0.29) is 5.56 Å². The largest absolute Gasteiger partial charge is 0.301 e. The van der Waals surface area contributed by atoms with Crippen LogP contribution in [0.4, 0.5) is 0 Å². The van der Waals surface area contributed by atoms with Crippen LogP contribution >= 0.6 is 11.8 Å². The summed E-state index contributed by atoms with van der Waals surface area (Å²) in [7, 11) is 0. The van der Waals surface area contributed by atoms with Crippen LogP contribution in [0.2, 0.25) is 0 Å². The van der Waals surface area contributed by atoms with Gasteiger partial charge in [-0.2, -0.15) is 0 Å². The van der Waals surface area contributed by atoms with Gasteiger partial charge in [0.2, 0.25) is 0 Å². The van der Waals surface area contributed by atoms with E-state index < -0.39 is 0 Å². The van der Waals surface area contributed by atoms with E-state index in [1.54, 1.807) is 0 Å². The van der Waals surface area contributed by atoms with E-state index >= 15 is 0 Å². The number of rotatable bonds is 2. The first-order valence-corrected chi connectivity index (χ1v) is 7.47. The lowest BCUT2D eigenvalue weighted by atomic mass is 10.1. The SMILES string of the molecule is Cc1ccc2nc(C)cc(Sc3nc(C)cc(=O)[nH]3)c2c1. The van der Waals surface area contributed by atoms with Crippen molar-refractivity contribution in [3.63, 3.8) is 0 Å². The highest BCUT2D eigenvalue weighted by atomic mass is 32.2. The minimum Gasteiger partial charge on any atom is -0.301 e. The van der Waals surface area contributed by atoms with Gasteiger partial charge in [-0.3, -0.25) is 9.78 Å². The van der Waals surface area contributed by atoms with Crippen molar-refractivity contribution < 1.29 is 0 Å². The zero-order chi connectivity index (χ0) is 15.0. The smallest absolute Gasteiger partial charge is 0.251 e. The average Bonchev–Trinajstić information content (AvgIpc) is 2.38. The minimum atomic E-state index is -0.128. The molecule has 106 valence electrons. The van der Waals surface area contributed by atoms with Gasteiger partial charge in [-0.25, -0.2) is 4.98 Å². The molecule has 2 heterocycles. The van der Waals surface area contributed by atoms with Gasteiger partial charge in [0.15, 0.2) is 5.16 Å². The number of hydrogen-bond acceptors (Lipinski definition) is 4. The molecule has 0 atom stereocenters. The van der Waals surface area contributed by atoms with Crippen molar-refractivity contribution in [1.82, 2.24) is 15.0 Å². The van der Waals surface area contributed by atoms with Crippen LogP contribution in [0.1, 0.15) is 17.0 Å². The van der Waals surface area contributed by atoms with E-state index in [0.717, 1.165) is 21.5 Å². The van der Waals surface area contributed by atoms with Crippen LogP contribution in [0.3, 0.4) is 0 Å². The normalized spacial score (nSPS) is 11.0. The van der Waals surface area contributed by atoms with E-state index in [1.807, 2.05) is 26.0 Å². The molecule has 0 aliphatic carbocycles. The standard InChI is InChI=1S/C16H15N3OS/c1-9-4-5-13-12(6-9)14(7-10(2)17-13)21-16-18-11(3)8-15(20)19-16/h4-8H,1-3H3,(H,18,19,20). The van der Waals surface area contributed by atoms with Crippen molar-refractivity contribution in [2.24, 2.45) is 0 Å². The molecule has 0 aliphatic rings. The third-order valence-electron chi connectivity index (χ3n) is 3.11. The Morgan fingerprint density at radius 2 is 1.76 bits per heavy atom. The van der Waals surface area contributed by atoms with Gasteiger partial charge in [0.1, 0.15) is 0 Å². The molecular formula is C16H15N3OS. The summed E-state index contributed by atoms with van der Waals surface area (Å²) in [5, 5.41) is 1.68. The van der Waals surface area contributed by atoms with Crippen LogP contribution in [0.15, 0.2) is 45.2 Å². The highest BCUT2D eigenvalue weighted by Crippen LogP contribution is 2.31. The maximum Gasteiger partial charge on any atom is 0.251 e. The second kappa shape index (κ2) is 5.33. The third kappa shape index (κ3) is 2.97. The Hall–Kier alpha value is -2.14. The summed E-state index contributed by atoms with van der Waals surface area (Å²) in [4.78, 5) is 24.3. The number of nitrogens with zero attached hydrogens (tertiary/aromatic N) is 2. The fourth-order valence-corrected chi connectivity index (χ4v) is 3.28. The van der Waals surface area contributed by atoms with Gasteiger partial charge in [0.05, 0.1) is 5.52 Å². The number of fused-ring (bicyclic) bond motifs is 1. The number of aromatic nitrogens is 3. The quantitative estimate of drug-likeness (QED) is 0.737. The van der Waals surface area contributed by atoms with Gasteiger partial charge < -0.3 is 4.98 Å². The Balaban J connectivity index is 2.15. The molecule has 0 fully saturated rings. The summed E-state index contributed by atoms with van der Waals surface area (Å²) in [5.41, 5.74) is 3.67. The molecule has 2 aromatic heterocycles. The van der Waals surface area contributed by atoms with Gasteiger partial charge in [0.25, 0.3) is 5.56 Å².